The minimum absolute atomic E-state index is 0.0470. The Balaban J connectivity index is 1.64. The van der Waals surface area contributed by atoms with Gasteiger partial charge in [0.25, 0.3) is 0 Å². The van der Waals surface area contributed by atoms with Crippen molar-refractivity contribution >= 4 is 28.9 Å². The molecule has 2 heterocycles. The predicted molar refractivity (Wildman–Crippen MR) is 125 cm³/mol. The first-order valence-corrected chi connectivity index (χ1v) is 11.1. The van der Waals surface area contributed by atoms with Crippen molar-refractivity contribution in [2.45, 2.75) is 25.6 Å². The minimum atomic E-state index is -4.59. The second-order valence-corrected chi connectivity index (χ2v) is 8.99. The molecule has 1 atom stereocenters. The van der Waals surface area contributed by atoms with Crippen LogP contribution < -0.4 is 5.32 Å². The van der Waals surface area contributed by atoms with Crippen molar-refractivity contribution in [3.8, 4) is 10.4 Å². The summed E-state index contributed by atoms with van der Waals surface area (Å²) >= 11 is 1.22. The Hall–Kier alpha value is -3.83. The number of nitrogens with one attached hydrogen (secondary N) is 1. The largest absolute Gasteiger partial charge is 0.478 e. The van der Waals surface area contributed by atoms with Gasteiger partial charge in [-0.3, -0.25) is 0 Å². The number of rotatable bonds is 6. The number of hydrogen-bond donors (Lipinski definition) is 3. The van der Waals surface area contributed by atoms with E-state index in [0.29, 0.717) is 21.1 Å². The highest BCUT2D eigenvalue weighted by molar-refractivity contribution is 7.15. The van der Waals surface area contributed by atoms with Crippen molar-refractivity contribution in [3.63, 3.8) is 0 Å². The van der Waals surface area contributed by atoms with E-state index in [1.54, 1.807) is 30.5 Å². The van der Waals surface area contributed by atoms with Gasteiger partial charge in [0, 0.05) is 18.1 Å². The predicted octanol–water partition coefficient (Wildman–Crippen LogP) is 5.62. The molecule has 2 aromatic heterocycles. The number of thiazole rings is 1. The van der Waals surface area contributed by atoms with E-state index in [1.165, 1.54) is 30.4 Å². The maximum Gasteiger partial charge on any atom is 0.433 e. The van der Waals surface area contributed by atoms with Crippen LogP contribution in [0.5, 0.6) is 0 Å². The molecule has 180 valence electrons. The number of carbonyl (C=O) groups is 1. The minimum Gasteiger partial charge on any atom is -0.478 e. The van der Waals surface area contributed by atoms with Gasteiger partial charge in [-0.25, -0.2) is 19.7 Å². The highest BCUT2D eigenvalue weighted by Gasteiger charge is 2.33. The maximum atomic E-state index is 13.0. The molecule has 4 aromatic rings. The fourth-order valence-corrected chi connectivity index (χ4v) is 4.39. The van der Waals surface area contributed by atoms with Gasteiger partial charge in [0.2, 0.25) is 5.95 Å². The lowest BCUT2D eigenvalue weighted by Crippen LogP contribution is -2.22. The Labute approximate surface area is 202 Å². The van der Waals surface area contributed by atoms with Crippen molar-refractivity contribution in [2.24, 2.45) is 0 Å². The van der Waals surface area contributed by atoms with Crippen LogP contribution >= 0.6 is 11.3 Å². The summed E-state index contributed by atoms with van der Waals surface area (Å²) in [7, 11) is 0. The number of aliphatic hydroxyl groups is 1. The average Bonchev–Trinajstić information content (AvgIpc) is 3.30. The molecule has 2 aromatic carbocycles. The van der Waals surface area contributed by atoms with Crippen LogP contribution in [-0.2, 0) is 11.8 Å². The molecule has 0 bridgehead atoms. The quantitative estimate of drug-likeness (QED) is 0.315. The Morgan fingerprint density at radius 3 is 2.57 bits per heavy atom. The second kappa shape index (κ2) is 9.08. The van der Waals surface area contributed by atoms with Gasteiger partial charge in [-0.1, -0.05) is 18.2 Å². The lowest BCUT2D eigenvalue weighted by Gasteiger charge is -2.21. The van der Waals surface area contributed by atoms with E-state index in [2.05, 4.69) is 20.3 Å². The third-order valence-corrected chi connectivity index (χ3v) is 6.42. The van der Waals surface area contributed by atoms with Crippen LogP contribution in [0.2, 0.25) is 0 Å². The zero-order valence-corrected chi connectivity index (χ0v) is 19.3. The maximum absolute atomic E-state index is 13.0. The first-order valence-electron chi connectivity index (χ1n) is 10.3. The smallest absolute Gasteiger partial charge is 0.433 e. The van der Waals surface area contributed by atoms with Crippen molar-refractivity contribution in [2.75, 3.05) is 5.32 Å². The number of anilines is 2. The monoisotopic (exact) mass is 500 g/mol. The SMILES string of the molecule is Cc1cc(Nc2nccc(C(F)(F)F)n2)cc(-c2cnc(C(C)(O)c3cccc(C(=O)O)c3)s2)c1. The van der Waals surface area contributed by atoms with Crippen molar-refractivity contribution in [3.05, 3.63) is 88.3 Å². The van der Waals surface area contributed by atoms with Crippen molar-refractivity contribution in [1.82, 2.24) is 15.0 Å². The number of hydrogen-bond acceptors (Lipinski definition) is 7. The van der Waals surface area contributed by atoms with Crippen molar-refractivity contribution < 1.29 is 28.2 Å². The summed E-state index contributed by atoms with van der Waals surface area (Å²) in [6.45, 7) is 3.36. The molecule has 7 nitrogen and oxygen atoms in total. The summed E-state index contributed by atoms with van der Waals surface area (Å²) in [6, 6.07) is 12.1. The van der Waals surface area contributed by atoms with Gasteiger partial charge in [-0.05, 0) is 60.9 Å². The number of alkyl halides is 3. The van der Waals surface area contributed by atoms with Crippen LogP contribution in [0.25, 0.3) is 10.4 Å². The Morgan fingerprint density at radius 2 is 1.86 bits per heavy atom. The van der Waals surface area contributed by atoms with Gasteiger partial charge in [0.05, 0.1) is 10.4 Å². The highest BCUT2D eigenvalue weighted by Crippen LogP contribution is 2.37. The van der Waals surface area contributed by atoms with Gasteiger partial charge in [-0.2, -0.15) is 13.2 Å². The zero-order chi connectivity index (χ0) is 25.4. The van der Waals surface area contributed by atoms with E-state index in [9.17, 15) is 28.2 Å². The number of aryl methyl sites for hydroxylation is 1. The number of benzene rings is 2. The summed E-state index contributed by atoms with van der Waals surface area (Å²) in [6.07, 6.45) is -1.97. The molecule has 11 heteroatoms. The first-order chi connectivity index (χ1) is 16.4. The van der Waals surface area contributed by atoms with Gasteiger partial charge in [-0.15, -0.1) is 11.3 Å². The van der Waals surface area contributed by atoms with E-state index in [0.717, 1.165) is 23.4 Å². The molecular formula is C24H19F3N4O3S. The van der Waals surface area contributed by atoms with Gasteiger partial charge >= 0.3 is 12.1 Å². The van der Waals surface area contributed by atoms with Gasteiger partial charge in [0.1, 0.15) is 16.3 Å². The molecular weight excluding hydrogens is 481 g/mol. The number of aromatic nitrogens is 3. The molecule has 0 aliphatic heterocycles. The fraction of sp³-hybridized carbons (Fsp3) is 0.167. The third-order valence-electron chi connectivity index (χ3n) is 5.16. The lowest BCUT2D eigenvalue weighted by molar-refractivity contribution is -0.141. The van der Waals surface area contributed by atoms with E-state index < -0.39 is 23.4 Å². The third kappa shape index (κ3) is 5.31. The highest BCUT2D eigenvalue weighted by atomic mass is 32.1. The van der Waals surface area contributed by atoms with E-state index in [4.69, 9.17) is 0 Å². The molecule has 3 N–H and O–H groups in total. The number of halogens is 3. The standard InChI is InChI=1S/C24H19F3N4O3S/c1-13-8-15(11-17(9-13)30-22-28-7-6-19(31-22)24(25,26)27)18-12-29-21(35-18)23(2,34)16-5-3-4-14(10-16)20(32)33/h3-12,34H,1-2H3,(H,32,33)(H,28,30,31). The molecule has 0 fully saturated rings. The fourth-order valence-electron chi connectivity index (χ4n) is 3.41. The topological polar surface area (TPSA) is 108 Å². The van der Waals surface area contributed by atoms with E-state index in [-0.39, 0.29) is 11.5 Å². The van der Waals surface area contributed by atoms with Crippen molar-refractivity contribution in [1.29, 1.82) is 0 Å². The molecule has 0 aliphatic carbocycles. The van der Waals surface area contributed by atoms with E-state index >= 15 is 0 Å². The molecule has 0 aliphatic rings. The lowest BCUT2D eigenvalue weighted by atomic mass is 9.95. The Bertz CT molecular complexity index is 1400. The zero-order valence-electron chi connectivity index (χ0n) is 18.5. The van der Waals surface area contributed by atoms with Gasteiger partial charge in [0.15, 0.2) is 0 Å². The van der Waals surface area contributed by atoms with Crippen LogP contribution in [0.3, 0.4) is 0 Å². The van der Waals surface area contributed by atoms with Crippen LogP contribution in [0.15, 0.2) is 60.9 Å². The molecule has 0 saturated heterocycles. The number of aromatic carboxylic acids is 1. The number of nitrogens with zero attached hydrogens (tertiary/aromatic N) is 3. The van der Waals surface area contributed by atoms with Crippen LogP contribution in [0.1, 0.15) is 39.1 Å². The second-order valence-electron chi connectivity index (χ2n) is 7.96. The summed E-state index contributed by atoms with van der Waals surface area (Å²) in [5.41, 5.74) is -0.131. The first kappa shape index (κ1) is 24.3. The normalized spacial score (nSPS) is 13.3. The number of carboxylic acid groups (broad SMARTS) is 1. The molecule has 4 rings (SSSR count). The Kier molecular flexibility index (Phi) is 6.30. The average molecular weight is 501 g/mol. The summed E-state index contributed by atoms with van der Waals surface area (Å²) in [5, 5.41) is 23.6. The molecule has 0 spiro atoms. The molecule has 1 unspecified atom stereocenters. The Morgan fingerprint density at radius 1 is 1.09 bits per heavy atom. The molecule has 0 amide bonds. The van der Waals surface area contributed by atoms with E-state index in [1.807, 2.05) is 13.0 Å². The summed E-state index contributed by atoms with van der Waals surface area (Å²) in [4.78, 5) is 23.7. The summed E-state index contributed by atoms with van der Waals surface area (Å²) in [5.74, 6) is -1.30. The molecule has 0 saturated carbocycles. The molecule has 35 heavy (non-hydrogen) atoms. The molecule has 0 radical (unpaired) electrons. The van der Waals surface area contributed by atoms with Crippen LogP contribution in [0.4, 0.5) is 24.8 Å². The van der Waals surface area contributed by atoms with Gasteiger partial charge < -0.3 is 15.5 Å². The summed E-state index contributed by atoms with van der Waals surface area (Å²) < 4.78 is 38.9. The van der Waals surface area contributed by atoms with Crippen LogP contribution in [-0.4, -0.2) is 31.1 Å². The van der Waals surface area contributed by atoms with Crippen LogP contribution in [0, 0.1) is 6.92 Å². The number of carboxylic acids is 1.